The lowest BCUT2D eigenvalue weighted by Crippen LogP contribution is -2.40. The van der Waals surface area contributed by atoms with E-state index in [2.05, 4.69) is 75.1 Å². The Morgan fingerprint density at radius 3 is 1.70 bits per heavy atom. The van der Waals surface area contributed by atoms with Crippen molar-refractivity contribution in [3.8, 4) is 0 Å². The predicted octanol–water partition coefficient (Wildman–Crippen LogP) is 16.2. The average Bonchev–Trinajstić information content (AvgIpc) is 3.07. The van der Waals surface area contributed by atoms with E-state index in [1.165, 1.54) is 177 Å². The van der Waals surface area contributed by atoms with Crippen molar-refractivity contribution < 1.29 is 0 Å². The first kappa shape index (κ1) is 47.2. The lowest BCUT2D eigenvalue weighted by atomic mass is 9.58. The highest BCUT2D eigenvalue weighted by Crippen LogP contribution is 2.49. The molecule has 0 spiro atoms. The first-order valence-electron chi connectivity index (χ1n) is 22.6. The van der Waals surface area contributed by atoms with E-state index in [9.17, 15) is 0 Å². The van der Waals surface area contributed by atoms with Gasteiger partial charge in [0.15, 0.2) is 0 Å². The highest BCUT2D eigenvalue weighted by molar-refractivity contribution is 4.95. The predicted molar refractivity (Wildman–Crippen MR) is 229 cm³/mol. The molecule has 50 heavy (non-hydrogen) atoms. The fourth-order valence-corrected chi connectivity index (χ4v) is 9.72. The van der Waals surface area contributed by atoms with Crippen molar-refractivity contribution in [3.05, 3.63) is 36.5 Å². The number of unbranched alkanes of at least 4 members (excludes halogenated alkanes) is 12. The topological polar surface area (TPSA) is 26.0 Å². The molecule has 0 amide bonds. The van der Waals surface area contributed by atoms with Gasteiger partial charge in [0, 0.05) is 6.04 Å². The molecule has 0 heterocycles. The Bertz CT molecular complexity index is 868. The zero-order valence-corrected chi connectivity index (χ0v) is 35.8. The molecule has 0 aromatic carbocycles. The maximum atomic E-state index is 6.37. The van der Waals surface area contributed by atoms with Gasteiger partial charge in [0.1, 0.15) is 0 Å². The fourth-order valence-electron chi connectivity index (χ4n) is 9.72. The lowest BCUT2D eigenvalue weighted by Gasteiger charge is -2.47. The van der Waals surface area contributed by atoms with Crippen molar-refractivity contribution in [2.24, 2.45) is 53.1 Å². The Hall–Kier alpha value is -0.820. The Morgan fingerprint density at radius 2 is 1.20 bits per heavy atom. The van der Waals surface area contributed by atoms with Gasteiger partial charge in [-0.1, -0.05) is 161 Å². The standard InChI is InChI=1S/C39H73N.C10H20/c1-30(2)21-19-17-15-13-11-9-8-10-12-14-16-18-20-22-36-29-37(25-23-31(3)4)38(34(7)33(36)6)28-35-24-26-39(40)32(5)27-35;1-5-7-10(4)8-9(3)6-2/h32-39H,1,3,8-29,40H2,2,4-7H3;10H,3,5-8H2,1-2,4H3/t32?,33-,34?,35?,36?,37?,38+,39+;/m1./s1. The molecule has 9 atom stereocenters. The summed E-state index contributed by atoms with van der Waals surface area (Å²) >= 11 is 0. The van der Waals surface area contributed by atoms with E-state index in [0.29, 0.717) is 12.0 Å². The summed E-state index contributed by atoms with van der Waals surface area (Å²) < 4.78 is 0. The SMILES string of the molecule is C=C(C)CCCCCCCCCCCCCCCC1CC(CCC(=C)C)[C@@H](CC2CC[C@H](N)C(C)C2)C(C)[C@H]1C.C=C(CC)CC(C)CCC. The van der Waals surface area contributed by atoms with Crippen molar-refractivity contribution >= 4 is 0 Å². The molecular weight excluding hydrogens is 603 g/mol. The van der Waals surface area contributed by atoms with Crippen molar-refractivity contribution in [3.63, 3.8) is 0 Å². The molecule has 2 N–H and O–H groups in total. The first-order chi connectivity index (χ1) is 23.9. The maximum Gasteiger partial charge on any atom is 0.00647 e. The van der Waals surface area contributed by atoms with E-state index < -0.39 is 0 Å². The normalized spacial score (nSPS) is 27.3. The van der Waals surface area contributed by atoms with Gasteiger partial charge in [0.2, 0.25) is 0 Å². The van der Waals surface area contributed by atoms with Gasteiger partial charge >= 0.3 is 0 Å². The first-order valence-corrected chi connectivity index (χ1v) is 22.6. The minimum absolute atomic E-state index is 0.444. The van der Waals surface area contributed by atoms with Crippen LogP contribution in [0, 0.1) is 47.3 Å². The van der Waals surface area contributed by atoms with Gasteiger partial charge in [-0.2, -0.15) is 0 Å². The summed E-state index contributed by atoms with van der Waals surface area (Å²) in [5.41, 5.74) is 10.5. The minimum atomic E-state index is 0.444. The Balaban J connectivity index is 0.00000108. The second-order valence-electron chi connectivity index (χ2n) is 18.5. The summed E-state index contributed by atoms with van der Waals surface area (Å²) in [6.07, 6.45) is 36.0. The number of rotatable bonds is 26. The summed E-state index contributed by atoms with van der Waals surface area (Å²) in [5, 5.41) is 0. The zero-order valence-electron chi connectivity index (χ0n) is 35.8. The summed E-state index contributed by atoms with van der Waals surface area (Å²) in [6.45, 7) is 31.0. The monoisotopic (exact) mass is 696 g/mol. The maximum absolute atomic E-state index is 6.37. The van der Waals surface area contributed by atoms with Crippen LogP contribution in [0.2, 0.25) is 0 Å². The molecule has 2 saturated carbocycles. The minimum Gasteiger partial charge on any atom is -0.327 e. The molecule has 0 saturated heterocycles. The quantitative estimate of drug-likeness (QED) is 0.0707. The molecule has 6 unspecified atom stereocenters. The third-order valence-electron chi connectivity index (χ3n) is 13.4. The van der Waals surface area contributed by atoms with Gasteiger partial charge in [-0.25, -0.2) is 0 Å². The van der Waals surface area contributed by atoms with E-state index in [-0.39, 0.29) is 0 Å². The van der Waals surface area contributed by atoms with Gasteiger partial charge in [-0.15, -0.1) is 13.2 Å². The molecule has 0 radical (unpaired) electrons. The molecule has 1 heteroatoms. The molecule has 2 fully saturated rings. The van der Waals surface area contributed by atoms with Crippen LogP contribution in [0.5, 0.6) is 0 Å². The lowest BCUT2D eigenvalue weighted by molar-refractivity contribution is 0.0246. The Morgan fingerprint density at radius 1 is 0.660 bits per heavy atom. The zero-order chi connectivity index (χ0) is 37.3. The van der Waals surface area contributed by atoms with Crippen molar-refractivity contribution in [1.82, 2.24) is 0 Å². The van der Waals surface area contributed by atoms with Crippen LogP contribution in [0.1, 0.15) is 222 Å². The third-order valence-corrected chi connectivity index (χ3v) is 13.4. The van der Waals surface area contributed by atoms with Crippen molar-refractivity contribution in [2.75, 3.05) is 0 Å². The highest BCUT2D eigenvalue weighted by atomic mass is 14.7. The van der Waals surface area contributed by atoms with Gasteiger partial charge in [0.25, 0.3) is 0 Å². The second-order valence-corrected chi connectivity index (χ2v) is 18.5. The highest BCUT2D eigenvalue weighted by Gasteiger charge is 2.41. The second kappa shape index (κ2) is 28.7. The van der Waals surface area contributed by atoms with Crippen LogP contribution >= 0.6 is 0 Å². The van der Waals surface area contributed by atoms with Gasteiger partial charge in [-0.05, 0) is 132 Å². The number of allylic oxidation sites excluding steroid dienone is 3. The molecule has 0 aliphatic heterocycles. The molecular formula is C49H93N. The third kappa shape index (κ3) is 21.6. The number of hydrogen-bond acceptors (Lipinski definition) is 1. The summed E-state index contributed by atoms with van der Waals surface area (Å²) in [6, 6.07) is 0.444. The van der Waals surface area contributed by atoms with Crippen molar-refractivity contribution in [1.29, 1.82) is 0 Å². The molecule has 2 aliphatic carbocycles. The molecule has 294 valence electrons. The van der Waals surface area contributed by atoms with Gasteiger partial charge in [0.05, 0.1) is 0 Å². The Kier molecular flexibility index (Phi) is 27.0. The molecule has 2 aliphatic rings. The van der Waals surface area contributed by atoms with Crippen LogP contribution in [-0.4, -0.2) is 6.04 Å². The molecule has 0 aromatic rings. The van der Waals surface area contributed by atoms with E-state index in [1.54, 1.807) is 0 Å². The summed E-state index contributed by atoms with van der Waals surface area (Å²) in [7, 11) is 0. The average molecular weight is 696 g/mol. The van der Waals surface area contributed by atoms with E-state index >= 15 is 0 Å². The largest absolute Gasteiger partial charge is 0.327 e. The van der Waals surface area contributed by atoms with Crippen LogP contribution in [0.3, 0.4) is 0 Å². The molecule has 0 bridgehead atoms. The van der Waals surface area contributed by atoms with E-state index in [4.69, 9.17) is 5.73 Å². The smallest absolute Gasteiger partial charge is 0.00647 e. The van der Waals surface area contributed by atoms with Crippen LogP contribution in [0.15, 0.2) is 36.5 Å². The summed E-state index contributed by atoms with van der Waals surface area (Å²) in [4.78, 5) is 0. The molecule has 0 aromatic heterocycles. The molecule has 1 nitrogen and oxygen atoms in total. The van der Waals surface area contributed by atoms with Gasteiger partial charge < -0.3 is 5.73 Å². The Labute approximate surface area is 317 Å². The number of nitrogens with two attached hydrogens (primary N) is 1. The van der Waals surface area contributed by atoms with E-state index in [0.717, 1.165) is 47.8 Å². The fraction of sp³-hybridized carbons (Fsp3) is 0.878. The van der Waals surface area contributed by atoms with Crippen molar-refractivity contribution in [2.45, 2.75) is 228 Å². The van der Waals surface area contributed by atoms with Crippen LogP contribution in [0.4, 0.5) is 0 Å². The summed E-state index contributed by atoms with van der Waals surface area (Å²) in [5.74, 6) is 7.00. The van der Waals surface area contributed by atoms with Crippen LogP contribution in [0.25, 0.3) is 0 Å². The van der Waals surface area contributed by atoms with E-state index in [1.807, 2.05) is 0 Å². The van der Waals surface area contributed by atoms with Crippen LogP contribution < -0.4 is 5.73 Å². The van der Waals surface area contributed by atoms with Crippen LogP contribution in [-0.2, 0) is 0 Å². The number of hydrogen-bond donors (Lipinski definition) is 1. The molecule has 2 rings (SSSR count). The van der Waals surface area contributed by atoms with Gasteiger partial charge in [-0.3, -0.25) is 0 Å².